The molecule has 0 aliphatic carbocycles. The zero-order valence-electron chi connectivity index (χ0n) is 16.5. The van der Waals surface area contributed by atoms with Gasteiger partial charge in [-0.15, -0.1) is 0 Å². The largest absolute Gasteiger partial charge is 0.369 e. The Bertz CT molecular complexity index is 843. The summed E-state index contributed by atoms with van der Waals surface area (Å²) in [6, 6.07) is 13.9. The van der Waals surface area contributed by atoms with Crippen LogP contribution in [0.3, 0.4) is 0 Å². The normalized spacial score (nSPS) is 12.9. The summed E-state index contributed by atoms with van der Waals surface area (Å²) < 4.78 is 0. The van der Waals surface area contributed by atoms with Crippen LogP contribution in [0.5, 0.6) is 0 Å². The third kappa shape index (κ3) is 3.97. The smallest absolute Gasteiger partial charge is 0.255 e. The van der Waals surface area contributed by atoms with Gasteiger partial charge in [0.1, 0.15) is 0 Å². The molecule has 1 aliphatic rings. The Kier molecular flexibility index (Phi) is 5.49. The van der Waals surface area contributed by atoms with Crippen molar-refractivity contribution >= 4 is 28.9 Å². The molecule has 5 nitrogen and oxygen atoms in total. The molecule has 2 amide bonds. The van der Waals surface area contributed by atoms with Crippen LogP contribution in [0, 0.1) is 0 Å². The summed E-state index contributed by atoms with van der Waals surface area (Å²) in [6.07, 6.45) is 0.785. The van der Waals surface area contributed by atoms with E-state index < -0.39 is 0 Å². The Labute approximate surface area is 161 Å². The monoisotopic (exact) mass is 365 g/mol. The van der Waals surface area contributed by atoms with Gasteiger partial charge in [0, 0.05) is 48.7 Å². The number of anilines is 3. The van der Waals surface area contributed by atoms with Gasteiger partial charge < -0.3 is 15.1 Å². The van der Waals surface area contributed by atoms with Crippen LogP contribution < -0.4 is 15.1 Å². The van der Waals surface area contributed by atoms with Crippen LogP contribution in [0.25, 0.3) is 0 Å². The molecule has 0 bridgehead atoms. The first-order valence-electron chi connectivity index (χ1n) is 9.49. The van der Waals surface area contributed by atoms with E-state index in [1.165, 1.54) is 0 Å². The molecule has 1 N–H and O–H groups in total. The van der Waals surface area contributed by atoms with Crippen molar-refractivity contribution in [2.24, 2.45) is 0 Å². The molecule has 0 spiro atoms. The van der Waals surface area contributed by atoms with Crippen molar-refractivity contribution in [3.63, 3.8) is 0 Å². The van der Waals surface area contributed by atoms with Crippen molar-refractivity contribution < 1.29 is 9.59 Å². The van der Waals surface area contributed by atoms with Gasteiger partial charge in [-0.05, 0) is 75.2 Å². The molecule has 0 aromatic heterocycles. The maximum atomic E-state index is 12.6. The van der Waals surface area contributed by atoms with Gasteiger partial charge in [-0.25, -0.2) is 0 Å². The lowest BCUT2D eigenvalue weighted by atomic mass is 10.1. The Hall–Kier alpha value is -2.82. The van der Waals surface area contributed by atoms with Crippen molar-refractivity contribution in [3.05, 3.63) is 53.6 Å². The molecular formula is C22H27N3O2. The summed E-state index contributed by atoms with van der Waals surface area (Å²) in [5.41, 5.74) is 4.49. The van der Waals surface area contributed by atoms with Crippen LogP contribution in [0.2, 0.25) is 0 Å². The van der Waals surface area contributed by atoms with Gasteiger partial charge >= 0.3 is 0 Å². The average molecular weight is 365 g/mol. The van der Waals surface area contributed by atoms with E-state index in [0.717, 1.165) is 35.6 Å². The molecule has 2 aromatic carbocycles. The van der Waals surface area contributed by atoms with Crippen molar-refractivity contribution in [2.75, 3.05) is 28.2 Å². The van der Waals surface area contributed by atoms with E-state index in [2.05, 4.69) is 31.0 Å². The molecule has 142 valence electrons. The number of rotatable bonds is 5. The summed E-state index contributed by atoms with van der Waals surface area (Å²) in [5, 5.41) is 2.96. The minimum absolute atomic E-state index is 0.0357. The first-order valence-corrected chi connectivity index (χ1v) is 9.49. The van der Waals surface area contributed by atoms with Crippen LogP contribution in [0.15, 0.2) is 42.5 Å². The number of hydrogen-bond acceptors (Lipinski definition) is 3. The zero-order chi connectivity index (χ0) is 19.6. The molecule has 1 heterocycles. The van der Waals surface area contributed by atoms with Crippen molar-refractivity contribution in [1.29, 1.82) is 0 Å². The molecule has 0 atom stereocenters. The predicted octanol–water partition coefficient (Wildman–Crippen LogP) is 4.08. The van der Waals surface area contributed by atoms with Gasteiger partial charge in [-0.3, -0.25) is 9.59 Å². The van der Waals surface area contributed by atoms with Gasteiger partial charge in [-0.1, -0.05) is 0 Å². The lowest BCUT2D eigenvalue weighted by Crippen LogP contribution is -2.30. The first-order chi connectivity index (χ1) is 12.9. The number of nitrogens with one attached hydrogen (secondary N) is 1. The SMILES string of the molecule is CCN(c1ccc(NC(=O)c2ccc3c(c2)CCN3C(C)=O)cc1)C(C)C. The lowest BCUT2D eigenvalue weighted by molar-refractivity contribution is -0.116. The third-order valence-electron chi connectivity index (χ3n) is 5.04. The Balaban J connectivity index is 1.72. The standard InChI is InChI=1S/C22H27N3O2/c1-5-24(15(2)3)20-9-7-19(8-10-20)23-22(27)18-6-11-21-17(14-18)12-13-25(21)16(4)26/h6-11,14-15H,5,12-13H2,1-4H3,(H,23,27). The molecule has 1 aliphatic heterocycles. The van der Waals surface area contributed by atoms with Crippen molar-refractivity contribution in [2.45, 2.75) is 40.2 Å². The van der Waals surface area contributed by atoms with E-state index in [1.54, 1.807) is 17.9 Å². The fourth-order valence-electron chi connectivity index (χ4n) is 3.66. The molecule has 27 heavy (non-hydrogen) atoms. The average Bonchev–Trinajstić information content (AvgIpc) is 3.07. The number of nitrogens with zero attached hydrogens (tertiary/aromatic N) is 2. The van der Waals surface area contributed by atoms with Crippen molar-refractivity contribution in [1.82, 2.24) is 0 Å². The fourth-order valence-corrected chi connectivity index (χ4v) is 3.66. The van der Waals surface area contributed by atoms with E-state index in [4.69, 9.17) is 0 Å². The second-order valence-corrected chi connectivity index (χ2v) is 7.14. The topological polar surface area (TPSA) is 52.7 Å². The summed E-state index contributed by atoms with van der Waals surface area (Å²) in [7, 11) is 0. The quantitative estimate of drug-likeness (QED) is 0.868. The minimum Gasteiger partial charge on any atom is -0.369 e. The van der Waals surface area contributed by atoms with Gasteiger partial charge in [0.05, 0.1) is 0 Å². The second-order valence-electron chi connectivity index (χ2n) is 7.14. The highest BCUT2D eigenvalue weighted by Gasteiger charge is 2.23. The summed E-state index contributed by atoms with van der Waals surface area (Å²) in [6.45, 7) is 9.66. The van der Waals surface area contributed by atoms with Crippen LogP contribution >= 0.6 is 0 Å². The van der Waals surface area contributed by atoms with Gasteiger partial charge in [0.25, 0.3) is 5.91 Å². The van der Waals surface area contributed by atoms with Crippen LogP contribution in [-0.2, 0) is 11.2 Å². The fraction of sp³-hybridized carbons (Fsp3) is 0.364. The zero-order valence-corrected chi connectivity index (χ0v) is 16.5. The molecule has 5 heteroatoms. The molecule has 0 radical (unpaired) electrons. The van der Waals surface area contributed by atoms with Crippen LogP contribution in [0.1, 0.15) is 43.6 Å². The van der Waals surface area contributed by atoms with Crippen LogP contribution in [-0.4, -0.2) is 30.9 Å². The third-order valence-corrected chi connectivity index (χ3v) is 5.04. The molecule has 3 rings (SSSR count). The Morgan fingerprint density at radius 1 is 1.15 bits per heavy atom. The summed E-state index contributed by atoms with van der Waals surface area (Å²) in [5.74, 6) is -0.100. The van der Waals surface area contributed by atoms with E-state index >= 15 is 0 Å². The maximum Gasteiger partial charge on any atom is 0.255 e. The number of carbonyl (C=O) groups excluding carboxylic acids is 2. The van der Waals surface area contributed by atoms with Crippen molar-refractivity contribution in [3.8, 4) is 0 Å². The Morgan fingerprint density at radius 2 is 1.85 bits per heavy atom. The molecule has 0 unspecified atom stereocenters. The highest BCUT2D eigenvalue weighted by atomic mass is 16.2. The summed E-state index contributed by atoms with van der Waals surface area (Å²) >= 11 is 0. The second kappa shape index (κ2) is 7.82. The first kappa shape index (κ1) is 19.0. The van der Waals surface area contributed by atoms with Gasteiger partial charge in [-0.2, -0.15) is 0 Å². The van der Waals surface area contributed by atoms with Crippen LogP contribution in [0.4, 0.5) is 17.1 Å². The van der Waals surface area contributed by atoms with Gasteiger partial charge in [0.2, 0.25) is 5.91 Å². The molecule has 2 aromatic rings. The molecule has 0 saturated carbocycles. The van der Waals surface area contributed by atoms with E-state index in [1.807, 2.05) is 36.4 Å². The number of benzene rings is 2. The molecular weight excluding hydrogens is 338 g/mol. The van der Waals surface area contributed by atoms with E-state index in [0.29, 0.717) is 18.2 Å². The molecule has 0 saturated heterocycles. The highest BCUT2D eigenvalue weighted by molar-refractivity contribution is 6.05. The maximum absolute atomic E-state index is 12.6. The molecule has 0 fully saturated rings. The lowest BCUT2D eigenvalue weighted by Gasteiger charge is -2.27. The van der Waals surface area contributed by atoms with Gasteiger partial charge in [0.15, 0.2) is 0 Å². The number of carbonyl (C=O) groups is 2. The van der Waals surface area contributed by atoms with E-state index in [9.17, 15) is 9.59 Å². The number of hydrogen-bond donors (Lipinski definition) is 1. The predicted molar refractivity (Wildman–Crippen MR) is 111 cm³/mol. The summed E-state index contributed by atoms with van der Waals surface area (Å²) in [4.78, 5) is 28.3. The highest BCUT2D eigenvalue weighted by Crippen LogP contribution is 2.29. The number of fused-ring (bicyclic) bond motifs is 1. The van der Waals surface area contributed by atoms with E-state index in [-0.39, 0.29) is 11.8 Å². The minimum atomic E-state index is -0.136. The number of amides is 2. The Morgan fingerprint density at radius 3 is 2.44 bits per heavy atom.